The molecule has 32 heavy (non-hydrogen) atoms. The molecule has 0 bridgehead atoms. The Labute approximate surface area is 198 Å². The Morgan fingerprint density at radius 1 is 0.469 bits per heavy atom. The minimum Gasteiger partial charge on any atom is -0.466 e. The third kappa shape index (κ3) is 25.2. The number of rotatable bonds is 25. The second kappa shape index (κ2) is 26.2. The van der Waals surface area contributed by atoms with Crippen LogP contribution in [0.2, 0.25) is 0 Å². The molecule has 0 aliphatic rings. The topological polar surface area (TPSA) is 61.8 Å². The minimum absolute atomic E-state index is 0.215. The van der Waals surface area contributed by atoms with Crippen LogP contribution in [0.3, 0.4) is 0 Å². The Morgan fingerprint density at radius 3 is 1.31 bits per heavy atom. The zero-order valence-electron chi connectivity index (χ0n) is 21.3. The Kier molecular flexibility index (Phi) is 25.3. The molecule has 5 nitrogen and oxygen atoms in total. The summed E-state index contributed by atoms with van der Waals surface area (Å²) in [6, 6.07) is 0. The van der Waals surface area contributed by atoms with E-state index in [2.05, 4.69) is 6.92 Å². The van der Waals surface area contributed by atoms with Crippen molar-refractivity contribution in [2.45, 2.75) is 136 Å². The minimum atomic E-state index is -0.282. The van der Waals surface area contributed by atoms with Crippen LogP contribution in [0.4, 0.5) is 0 Å². The van der Waals surface area contributed by atoms with E-state index in [-0.39, 0.29) is 31.4 Å². The van der Waals surface area contributed by atoms with Gasteiger partial charge in [0.1, 0.15) is 6.61 Å². The molecule has 0 aromatic heterocycles. The van der Waals surface area contributed by atoms with Crippen LogP contribution < -0.4 is 0 Å². The number of unbranched alkanes of at least 4 members (excludes halogenated alkanes) is 15. The predicted molar refractivity (Wildman–Crippen MR) is 132 cm³/mol. The molecule has 5 heteroatoms. The second-order valence-electron chi connectivity index (χ2n) is 8.79. The molecule has 0 aromatic carbocycles. The predicted octanol–water partition coefficient (Wildman–Crippen LogP) is 7.54. The molecular formula is C27H52O5. The van der Waals surface area contributed by atoms with Crippen LogP contribution in [-0.4, -0.2) is 38.4 Å². The van der Waals surface area contributed by atoms with Crippen molar-refractivity contribution in [3.63, 3.8) is 0 Å². The zero-order chi connectivity index (χ0) is 23.5. The summed E-state index contributed by atoms with van der Waals surface area (Å²) >= 11 is 0. The molecule has 0 rings (SSSR count). The van der Waals surface area contributed by atoms with E-state index < -0.39 is 0 Å². The fourth-order valence-corrected chi connectivity index (χ4v) is 3.72. The molecule has 0 saturated carbocycles. The molecule has 0 atom stereocenters. The Balaban J connectivity index is 3.22. The molecule has 0 spiro atoms. The van der Waals surface area contributed by atoms with E-state index in [4.69, 9.17) is 14.2 Å². The molecule has 0 radical (unpaired) electrons. The van der Waals surface area contributed by atoms with E-state index in [1.165, 1.54) is 89.9 Å². The Morgan fingerprint density at radius 2 is 0.875 bits per heavy atom. The first-order valence-electron chi connectivity index (χ1n) is 13.6. The monoisotopic (exact) mass is 456 g/mol. The molecule has 0 amide bonds. The molecule has 0 aliphatic heterocycles. The quantitative estimate of drug-likeness (QED) is 0.105. The van der Waals surface area contributed by atoms with Gasteiger partial charge in [-0.2, -0.15) is 0 Å². The van der Waals surface area contributed by atoms with Gasteiger partial charge < -0.3 is 14.2 Å². The number of hydrogen-bond acceptors (Lipinski definition) is 5. The zero-order valence-corrected chi connectivity index (χ0v) is 21.3. The van der Waals surface area contributed by atoms with E-state index in [1.807, 2.05) is 6.92 Å². The van der Waals surface area contributed by atoms with Crippen LogP contribution >= 0.6 is 0 Å². The highest BCUT2D eigenvalue weighted by Gasteiger charge is 2.07. The van der Waals surface area contributed by atoms with Gasteiger partial charge in [-0.3, -0.25) is 9.59 Å². The summed E-state index contributed by atoms with van der Waals surface area (Å²) < 4.78 is 15.4. The lowest BCUT2D eigenvalue weighted by Crippen LogP contribution is -2.11. The smallest absolute Gasteiger partial charge is 0.305 e. The van der Waals surface area contributed by atoms with Crippen molar-refractivity contribution in [1.82, 2.24) is 0 Å². The van der Waals surface area contributed by atoms with Gasteiger partial charge >= 0.3 is 11.9 Å². The average Bonchev–Trinajstić information content (AvgIpc) is 2.79. The summed E-state index contributed by atoms with van der Waals surface area (Å²) in [5, 5.41) is 0. The van der Waals surface area contributed by atoms with Gasteiger partial charge in [0.25, 0.3) is 0 Å². The fraction of sp³-hybridized carbons (Fsp3) is 0.926. The first-order valence-corrected chi connectivity index (χ1v) is 13.6. The normalized spacial score (nSPS) is 10.9. The molecule has 190 valence electrons. The highest BCUT2D eigenvalue weighted by atomic mass is 16.6. The fourth-order valence-electron chi connectivity index (χ4n) is 3.72. The van der Waals surface area contributed by atoms with Crippen LogP contribution in [0.25, 0.3) is 0 Å². The number of hydrogen-bond donors (Lipinski definition) is 0. The number of ether oxygens (including phenoxy) is 3. The standard InChI is InChI=1S/C27H52O5/c1-3-5-6-7-8-9-10-11-12-13-14-15-16-17-18-19-23-31-26(28)21-20-22-27(29)32-25-24-30-4-2/h3-25H2,1-2H3. The van der Waals surface area contributed by atoms with Crippen molar-refractivity contribution in [1.29, 1.82) is 0 Å². The lowest BCUT2D eigenvalue weighted by Gasteiger charge is -2.06. The number of carbonyl (C=O) groups is 2. The van der Waals surface area contributed by atoms with Gasteiger partial charge in [-0.15, -0.1) is 0 Å². The van der Waals surface area contributed by atoms with Crippen molar-refractivity contribution in [3.05, 3.63) is 0 Å². The molecule has 0 saturated heterocycles. The Hall–Kier alpha value is -1.10. The molecular weight excluding hydrogens is 404 g/mol. The summed E-state index contributed by atoms with van der Waals surface area (Å²) in [6.45, 7) is 5.97. The second-order valence-corrected chi connectivity index (χ2v) is 8.79. The highest BCUT2D eigenvalue weighted by molar-refractivity contribution is 5.72. The van der Waals surface area contributed by atoms with Gasteiger partial charge in [-0.05, 0) is 19.8 Å². The molecule has 0 heterocycles. The maximum absolute atomic E-state index is 11.7. The Bertz CT molecular complexity index is 411. The van der Waals surface area contributed by atoms with E-state index >= 15 is 0 Å². The van der Waals surface area contributed by atoms with Crippen molar-refractivity contribution < 1.29 is 23.8 Å². The van der Waals surface area contributed by atoms with E-state index in [0.29, 0.717) is 26.2 Å². The summed E-state index contributed by atoms with van der Waals surface area (Å²) in [6.07, 6.45) is 22.3. The highest BCUT2D eigenvalue weighted by Crippen LogP contribution is 2.13. The van der Waals surface area contributed by atoms with Crippen molar-refractivity contribution in [3.8, 4) is 0 Å². The van der Waals surface area contributed by atoms with Crippen molar-refractivity contribution in [2.75, 3.05) is 26.4 Å². The summed E-state index contributed by atoms with van der Waals surface area (Å²) in [5.74, 6) is -0.497. The average molecular weight is 457 g/mol. The maximum Gasteiger partial charge on any atom is 0.305 e. The van der Waals surface area contributed by atoms with Gasteiger partial charge in [0.15, 0.2) is 0 Å². The molecule has 0 aromatic rings. The van der Waals surface area contributed by atoms with Crippen LogP contribution in [0.5, 0.6) is 0 Å². The molecule has 0 unspecified atom stereocenters. The lowest BCUT2D eigenvalue weighted by atomic mass is 10.0. The SMILES string of the molecule is CCCCCCCCCCCCCCCCCCOC(=O)CCCC(=O)OCCOCC. The maximum atomic E-state index is 11.7. The largest absolute Gasteiger partial charge is 0.466 e. The third-order valence-corrected chi connectivity index (χ3v) is 5.72. The van der Waals surface area contributed by atoms with Gasteiger partial charge in [0.05, 0.1) is 13.2 Å². The summed E-state index contributed by atoms with van der Waals surface area (Å²) in [4.78, 5) is 23.2. The van der Waals surface area contributed by atoms with Gasteiger partial charge in [0, 0.05) is 19.4 Å². The van der Waals surface area contributed by atoms with Crippen LogP contribution in [-0.2, 0) is 23.8 Å². The number of esters is 2. The van der Waals surface area contributed by atoms with Crippen LogP contribution in [0, 0.1) is 0 Å². The van der Waals surface area contributed by atoms with Crippen LogP contribution in [0.15, 0.2) is 0 Å². The van der Waals surface area contributed by atoms with Crippen molar-refractivity contribution in [2.24, 2.45) is 0 Å². The van der Waals surface area contributed by atoms with Gasteiger partial charge in [-0.25, -0.2) is 0 Å². The van der Waals surface area contributed by atoms with E-state index in [0.717, 1.165) is 12.8 Å². The molecule has 0 N–H and O–H groups in total. The summed E-state index contributed by atoms with van der Waals surface area (Å²) in [7, 11) is 0. The van der Waals surface area contributed by atoms with Gasteiger partial charge in [0.2, 0.25) is 0 Å². The molecule has 0 aliphatic carbocycles. The van der Waals surface area contributed by atoms with E-state index in [1.54, 1.807) is 0 Å². The van der Waals surface area contributed by atoms with Crippen LogP contribution in [0.1, 0.15) is 136 Å². The van der Waals surface area contributed by atoms with E-state index in [9.17, 15) is 9.59 Å². The number of carbonyl (C=O) groups excluding carboxylic acids is 2. The first kappa shape index (κ1) is 30.9. The third-order valence-electron chi connectivity index (χ3n) is 5.72. The lowest BCUT2D eigenvalue weighted by molar-refractivity contribution is -0.146. The van der Waals surface area contributed by atoms with Crippen molar-refractivity contribution >= 4 is 11.9 Å². The summed E-state index contributed by atoms with van der Waals surface area (Å²) in [5.41, 5.74) is 0. The first-order chi connectivity index (χ1) is 15.7. The molecule has 0 fully saturated rings. The van der Waals surface area contributed by atoms with Gasteiger partial charge in [-0.1, -0.05) is 103 Å².